The predicted molar refractivity (Wildman–Crippen MR) is 79.4 cm³/mol. The van der Waals surface area contributed by atoms with Gasteiger partial charge >= 0.3 is 0 Å². The predicted octanol–water partition coefficient (Wildman–Crippen LogP) is 1.44. The van der Waals surface area contributed by atoms with Gasteiger partial charge in [-0.25, -0.2) is 8.42 Å². The lowest BCUT2D eigenvalue weighted by molar-refractivity contribution is 0.0640. The van der Waals surface area contributed by atoms with E-state index in [-0.39, 0.29) is 6.54 Å². The summed E-state index contributed by atoms with van der Waals surface area (Å²) in [5, 5.41) is 13.0. The van der Waals surface area contributed by atoms with Crippen LogP contribution < -0.4 is 5.32 Å². The van der Waals surface area contributed by atoms with E-state index in [1.54, 1.807) is 26.0 Å². The first-order valence-corrected chi connectivity index (χ1v) is 8.20. The summed E-state index contributed by atoms with van der Waals surface area (Å²) in [6, 6.07) is 5.30. The fraction of sp³-hybridized carbons (Fsp3) is 0.571. The monoisotopic (exact) mass is 298 g/mol. The van der Waals surface area contributed by atoms with Crippen LogP contribution in [0.15, 0.2) is 23.1 Å². The summed E-state index contributed by atoms with van der Waals surface area (Å²) < 4.78 is 26.6. The number of likely N-dealkylation sites (N-methyl/N-ethyl adjacent to an activating group) is 1. The minimum absolute atomic E-state index is 0.0619. The Morgan fingerprint density at radius 3 is 2.75 bits per heavy atom. The van der Waals surface area contributed by atoms with E-state index in [9.17, 15) is 13.5 Å². The van der Waals surface area contributed by atoms with Gasteiger partial charge in [-0.05, 0) is 44.4 Å². The van der Waals surface area contributed by atoms with Crippen LogP contribution in [0, 0.1) is 0 Å². The molecule has 0 fully saturated rings. The molecule has 0 amide bonds. The summed E-state index contributed by atoms with van der Waals surface area (Å²) in [5.41, 5.74) is 0.685. The molecule has 1 heterocycles. The molecule has 0 bridgehead atoms. The van der Waals surface area contributed by atoms with E-state index in [2.05, 4.69) is 5.32 Å². The number of benzene rings is 1. The fourth-order valence-corrected chi connectivity index (χ4v) is 4.11. The number of nitrogens with zero attached hydrogens (tertiary/aromatic N) is 1. The van der Waals surface area contributed by atoms with Crippen LogP contribution in [0.4, 0.5) is 5.69 Å². The van der Waals surface area contributed by atoms with Crippen molar-refractivity contribution in [1.29, 1.82) is 0 Å². The minimum atomic E-state index is -3.58. The van der Waals surface area contributed by atoms with Crippen molar-refractivity contribution in [3.63, 3.8) is 0 Å². The van der Waals surface area contributed by atoms with Gasteiger partial charge in [0.15, 0.2) is 0 Å². The zero-order valence-electron chi connectivity index (χ0n) is 12.2. The number of sulfonamides is 1. The quantitative estimate of drug-likeness (QED) is 0.882. The Hall–Kier alpha value is -1.11. The lowest BCUT2D eigenvalue weighted by Crippen LogP contribution is -2.40. The second-order valence-corrected chi connectivity index (χ2v) is 7.90. The summed E-state index contributed by atoms with van der Waals surface area (Å²) in [6.45, 7) is 4.13. The first-order valence-electron chi connectivity index (χ1n) is 6.76. The van der Waals surface area contributed by atoms with Crippen LogP contribution in [0.3, 0.4) is 0 Å². The van der Waals surface area contributed by atoms with E-state index < -0.39 is 15.6 Å². The van der Waals surface area contributed by atoms with Gasteiger partial charge in [-0.15, -0.1) is 0 Å². The molecular formula is C14H22N2O3S. The van der Waals surface area contributed by atoms with E-state index in [1.807, 2.05) is 6.07 Å². The van der Waals surface area contributed by atoms with E-state index >= 15 is 0 Å². The molecule has 1 aliphatic rings. The standard InChI is InChI=1S/C14H22N2O3S/c1-14(2,17)10-16(3)20(18,19)13-8-4-7-12-11(13)6-5-9-15-12/h4,7-8,15,17H,5-6,9-10H2,1-3H3. The number of anilines is 1. The Morgan fingerprint density at radius 1 is 1.40 bits per heavy atom. The van der Waals surface area contributed by atoms with Crippen LogP contribution in [-0.4, -0.2) is 43.6 Å². The molecule has 1 aromatic rings. The molecule has 1 aromatic carbocycles. The summed E-state index contributed by atoms with van der Waals surface area (Å²) in [4.78, 5) is 0.342. The van der Waals surface area contributed by atoms with Gasteiger partial charge in [-0.2, -0.15) is 4.31 Å². The average molecular weight is 298 g/mol. The molecule has 0 unspecified atom stereocenters. The third-order valence-corrected chi connectivity index (χ3v) is 5.24. The summed E-state index contributed by atoms with van der Waals surface area (Å²) in [6.07, 6.45) is 1.68. The van der Waals surface area contributed by atoms with Crippen LogP contribution in [0.5, 0.6) is 0 Å². The van der Waals surface area contributed by atoms with Gasteiger partial charge in [0.1, 0.15) is 0 Å². The number of hydrogen-bond acceptors (Lipinski definition) is 4. The maximum absolute atomic E-state index is 12.7. The molecular weight excluding hydrogens is 276 g/mol. The van der Waals surface area contributed by atoms with Crippen molar-refractivity contribution in [2.45, 2.75) is 37.2 Å². The largest absolute Gasteiger partial charge is 0.389 e. The Bertz CT molecular complexity index is 591. The highest BCUT2D eigenvalue weighted by molar-refractivity contribution is 7.89. The van der Waals surface area contributed by atoms with Crippen molar-refractivity contribution >= 4 is 15.7 Å². The molecule has 0 aromatic heterocycles. The zero-order valence-corrected chi connectivity index (χ0v) is 13.0. The van der Waals surface area contributed by atoms with Crippen LogP contribution >= 0.6 is 0 Å². The number of nitrogens with one attached hydrogen (secondary N) is 1. The molecule has 0 aliphatic carbocycles. The summed E-state index contributed by atoms with van der Waals surface area (Å²) in [7, 11) is -2.08. The topological polar surface area (TPSA) is 69.6 Å². The second-order valence-electron chi connectivity index (χ2n) is 5.89. The van der Waals surface area contributed by atoms with Crippen LogP contribution in [-0.2, 0) is 16.4 Å². The Balaban J connectivity index is 2.40. The number of fused-ring (bicyclic) bond motifs is 1. The molecule has 0 radical (unpaired) electrons. The van der Waals surface area contributed by atoms with Gasteiger partial charge in [0, 0.05) is 25.8 Å². The van der Waals surface area contributed by atoms with E-state index in [4.69, 9.17) is 0 Å². The molecule has 112 valence electrons. The maximum atomic E-state index is 12.7. The van der Waals surface area contributed by atoms with Crippen molar-refractivity contribution in [3.05, 3.63) is 23.8 Å². The molecule has 1 aliphatic heterocycles. The van der Waals surface area contributed by atoms with Gasteiger partial charge in [0.25, 0.3) is 0 Å². The number of rotatable bonds is 4. The van der Waals surface area contributed by atoms with Crippen LogP contribution in [0.25, 0.3) is 0 Å². The Morgan fingerprint density at radius 2 is 2.10 bits per heavy atom. The number of hydrogen-bond donors (Lipinski definition) is 2. The molecule has 0 spiro atoms. The normalized spacial score (nSPS) is 15.8. The molecule has 6 heteroatoms. The lowest BCUT2D eigenvalue weighted by atomic mass is 10.0. The molecule has 20 heavy (non-hydrogen) atoms. The van der Waals surface area contributed by atoms with Gasteiger partial charge in [0.2, 0.25) is 10.0 Å². The zero-order chi connectivity index (χ0) is 15.0. The molecule has 0 saturated carbocycles. The van der Waals surface area contributed by atoms with Crippen molar-refractivity contribution < 1.29 is 13.5 Å². The van der Waals surface area contributed by atoms with E-state index in [1.165, 1.54) is 11.4 Å². The van der Waals surface area contributed by atoms with E-state index in [0.29, 0.717) is 4.90 Å². The van der Waals surface area contributed by atoms with Gasteiger partial charge in [0.05, 0.1) is 10.5 Å². The van der Waals surface area contributed by atoms with Crippen LogP contribution in [0.1, 0.15) is 25.8 Å². The van der Waals surface area contributed by atoms with Gasteiger partial charge < -0.3 is 10.4 Å². The molecule has 5 nitrogen and oxygen atoms in total. The second kappa shape index (κ2) is 5.35. The highest BCUT2D eigenvalue weighted by Crippen LogP contribution is 2.30. The third kappa shape index (κ3) is 3.13. The van der Waals surface area contributed by atoms with Gasteiger partial charge in [-0.1, -0.05) is 6.07 Å². The highest BCUT2D eigenvalue weighted by Gasteiger charge is 2.29. The number of aliphatic hydroxyl groups is 1. The minimum Gasteiger partial charge on any atom is -0.389 e. The summed E-state index contributed by atoms with van der Waals surface area (Å²) in [5.74, 6) is 0. The van der Waals surface area contributed by atoms with Crippen molar-refractivity contribution in [2.24, 2.45) is 0 Å². The van der Waals surface area contributed by atoms with E-state index in [0.717, 1.165) is 30.6 Å². The first kappa shape index (κ1) is 15.3. The molecule has 2 N–H and O–H groups in total. The Kier molecular flexibility index (Phi) is 4.09. The van der Waals surface area contributed by atoms with Crippen molar-refractivity contribution in [1.82, 2.24) is 4.31 Å². The smallest absolute Gasteiger partial charge is 0.243 e. The fourth-order valence-electron chi connectivity index (χ4n) is 2.52. The van der Waals surface area contributed by atoms with Gasteiger partial charge in [-0.3, -0.25) is 0 Å². The van der Waals surface area contributed by atoms with Crippen molar-refractivity contribution in [3.8, 4) is 0 Å². The maximum Gasteiger partial charge on any atom is 0.243 e. The summed E-state index contributed by atoms with van der Waals surface area (Å²) >= 11 is 0. The molecule has 0 saturated heterocycles. The van der Waals surface area contributed by atoms with Crippen molar-refractivity contribution in [2.75, 3.05) is 25.5 Å². The Labute approximate surface area is 120 Å². The van der Waals surface area contributed by atoms with Crippen LogP contribution in [0.2, 0.25) is 0 Å². The molecule has 2 rings (SSSR count). The lowest BCUT2D eigenvalue weighted by Gasteiger charge is -2.27. The average Bonchev–Trinajstić information content (AvgIpc) is 2.36. The highest BCUT2D eigenvalue weighted by atomic mass is 32.2. The molecule has 0 atom stereocenters. The SMILES string of the molecule is CN(CC(C)(C)O)S(=O)(=O)c1cccc2c1CCCN2. The third-order valence-electron chi connectivity index (χ3n) is 3.35. The first-order chi connectivity index (χ1) is 9.22.